The van der Waals surface area contributed by atoms with Gasteiger partial charge >= 0.3 is 0 Å². The molecule has 2 aliphatic rings. The fourth-order valence-electron chi connectivity index (χ4n) is 3.17. The van der Waals surface area contributed by atoms with E-state index < -0.39 is 0 Å². The van der Waals surface area contributed by atoms with Crippen molar-refractivity contribution in [3.05, 3.63) is 30.1 Å². The van der Waals surface area contributed by atoms with Crippen molar-refractivity contribution >= 4 is 11.6 Å². The molecule has 3 heteroatoms. The molecule has 1 aromatic heterocycles. The molecule has 0 spiro atoms. The largest absolute Gasteiger partial charge is 0.293 e. The first-order valence-corrected chi connectivity index (χ1v) is 6.55. The number of hydrogen-bond donors (Lipinski definition) is 0. The van der Waals surface area contributed by atoms with E-state index in [0.717, 1.165) is 19.4 Å². The van der Waals surface area contributed by atoms with E-state index in [4.69, 9.17) is 11.6 Å². The minimum atomic E-state index is 0.405. The fourth-order valence-corrected chi connectivity index (χ4v) is 3.58. The van der Waals surface area contributed by atoms with Crippen LogP contribution in [0.5, 0.6) is 0 Å². The van der Waals surface area contributed by atoms with Gasteiger partial charge in [0.15, 0.2) is 0 Å². The maximum Gasteiger partial charge on any atom is 0.0365 e. The van der Waals surface area contributed by atoms with Crippen molar-refractivity contribution in [1.82, 2.24) is 9.88 Å². The number of nitrogens with zero attached hydrogens (tertiary/aromatic N) is 2. The zero-order valence-electron chi connectivity index (χ0n) is 9.35. The van der Waals surface area contributed by atoms with E-state index in [1.165, 1.54) is 18.4 Å². The van der Waals surface area contributed by atoms with Gasteiger partial charge in [0.2, 0.25) is 0 Å². The summed E-state index contributed by atoms with van der Waals surface area (Å²) in [7, 11) is 0. The van der Waals surface area contributed by atoms with Crippen LogP contribution in [0.1, 0.15) is 31.2 Å². The van der Waals surface area contributed by atoms with Gasteiger partial charge in [-0.1, -0.05) is 6.07 Å². The zero-order chi connectivity index (χ0) is 11.0. The van der Waals surface area contributed by atoms with Gasteiger partial charge in [0.05, 0.1) is 0 Å². The lowest BCUT2D eigenvalue weighted by Gasteiger charge is -2.36. The van der Waals surface area contributed by atoms with E-state index in [9.17, 15) is 0 Å². The van der Waals surface area contributed by atoms with Crippen molar-refractivity contribution in [3.63, 3.8) is 0 Å². The first-order valence-electron chi connectivity index (χ1n) is 6.11. The van der Waals surface area contributed by atoms with Crippen LogP contribution in [0.4, 0.5) is 0 Å². The zero-order valence-corrected chi connectivity index (χ0v) is 10.1. The lowest BCUT2D eigenvalue weighted by atomic mass is 10.0. The third-order valence-corrected chi connectivity index (χ3v) is 4.27. The molecule has 2 nitrogen and oxygen atoms in total. The molecule has 2 bridgehead atoms. The van der Waals surface area contributed by atoms with Crippen LogP contribution in [0.15, 0.2) is 24.5 Å². The Hall–Kier alpha value is -0.600. The number of piperidine rings is 1. The van der Waals surface area contributed by atoms with Gasteiger partial charge in [-0.15, -0.1) is 11.6 Å². The molecule has 2 atom stereocenters. The van der Waals surface area contributed by atoms with Gasteiger partial charge in [-0.2, -0.15) is 0 Å². The van der Waals surface area contributed by atoms with Crippen molar-refractivity contribution in [3.8, 4) is 0 Å². The molecule has 0 amide bonds. The highest BCUT2D eigenvalue weighted by molar-refractivity contribution is 6.20. The fraction of sp³-hybridized carbons (Fsp3) is 0.615. The van der Waals surface area contributed by atoms with Crippen LogP contribution >= 0.6 is 11.6 Å². The first kappa shape index (κ1) is 10.5. The molecule has 0 aromatic carbocycles. The Bertz CT molecular complexity index is 340. The highest BCUT2D eigenvalue weighted by Gasteiger charge is 2.39. The SMILES string of the molecule is ClC1CC2CCC(C1)N2Cc1cccnc1. The van der Waals surface area contributed by atoms with E-state index in [-0.39, 0.29) is 0 Å². The molecule has 2 unspecified atom stereocenters. The average molecular weight is 237 g/mol. The molecule has 0 saturated carbocycles. The van der Waals surface area contributed by atoms with Crippen LogP contribution in [0.25, 0.3) is 0 Å². The second-order valence-corrected chi connectivity index (χ2v) is 5.60. The Balaban J connectivity index is 1.72. The topological polar surface area (TPSA) is 16.1 Å². The van der Waals surface area contributed by atoms with Gasteiger partial charge in [0.25, 0.3) is 0 Å². The summed E-state index contributed by atoms with van der Waals surface area (Å²) >= 11 is 6.28. The third kappa shape index (κ3) is 1.96. The van der Waals surface area contributed by atoms with Gasteiger partial charge in [0, 0.05) is 36.4 Å². The Morgan fingerprint density at radius 2 is 2.06 bits per heavy atom. The van der Waals surface area contributed by atoms with Crippen LogP contribution in [0.2, 0.25) is 0 Å². The normalized spacial score (nSPS) is 34.2. The predicted octanol–water partition coefficient (Wildman–Crippen LogP) is 2.82. The molecule has 1 aromatic rings. The molecule has 0 aliphatic carbocycles. The van der Waals surface area contributed by atoms with Gasteiger partial charge in [0.1, 0.15) is 0 Å². The van der Waals surface area contributed by atoms with Crippen molar-refractivity contribution in [2.45, 2.75) is 49.7 Å². The van der Waals surface area contributed by atoms with Crippen LogP contribution in [-0.4, -0.2) is 27.3 Å². The smallest absolute Gasteiger partial charge is 0.0365 e. The molecular weight excluding hydrogens is 220 g/mol. The van der Waals surface area contributed by atoms with Gasteiger partial charge < -0.3 is 0 Å². The molecule has 86 valence electrons. The molecule has 16 heavy (non-hydrogen) atoms. The molecule has 3 heterocycles. The van der Waals surface area contributed by atoms with E-state index >= 15 is 0 Å². The first-order chi connectivity index (χ1) is 7.83. The molecule has 3 rings (SSSR count). The van der Waals surface area contributed by atoms with E-state index in [1.807, 2.05) is 18.5 Å². The Kier molecular flexibility index (Phi) is 2.86. The maximum atomic E-state index is 6.28. The molecule has 0 radical (unpaired) electrons. The summed E-state index contributed by atoms with van der Waals surface area (Å²) in [5.41, 5.74) is 1.33. The van der Waals surface area contributed by atoms with Crippen molar-refractivity contribution in [1.29, 1.82) is 0 Å². The predicted molar refractivity (Wildman–Crippen MR) is 65.5 cm³/mol. The van der Waals surface area contributed by atoms with Gasteiger partial charge in [-0.05, 0) is 37.3 Å². The molecule has 0 N–H and O–H groups in total. The van der Waals surface area contributed by atoms with Gasteiger partial charge in [-0.3, -0.25) is 9.88 Å². The highest BCUT2D eigenvalue weighted by Crippen LogP contribution is 2.38. The second kappa shape index (κ2) is 4.34. The van der Waals surface area contributed by atoms with Crippen LogP contribution < -0.4 is 0 Å². The quantitative estimate of drug-likeness (QED) is 0.735. The van der Waals surface area contributed by atoms with Crippen LogP contribution in [-0.2, 0) is 6.54 Å². The van der Waals surface area contributed by atoms with Crippen molar-refractivity contribution in [2.24, 2.45) is 0 Å². The molecule has 2 saturated heterocycles. The lowest BCUT2D eigenvalue weighted by molar-refractivity contribution is 0.134. The van der Waals surface area contributed by atoms with Crippen LogP contribution in [0, 0.1) is 0 Å². The Labute approximate surface area is 102 Å². The molecular formula is C13H17ClN2. The maximum absolute atomic E-state index is 6.28. The van der Waals surface area contributed by atoms with E-state index in [1.54, 1.807) is 0 Å². The average Bonchev–Trinajstić information content (AvgIpc) is 2.54. The molecule has 2 aliphatic heterocycles. The van der Waals surface area contributed by atoms with Crippen molar-refractivity contribution < 1.29 is 0 Å². The summed E-state index contributed by atoms with van der Waals surface area (Å²) in [6, 6.07) is 5.60. The minimum Gasteiger partial charge on any atom is -0.293 e. The number of alkyl halides is 1. The summed E-state index contributed by atoms with van der Waals surface area (Å²) < 4.78 is 0. The number of fused-ring (bicyclic) bond motifs is 2. The monoisotopic (exact) mass is 236 g/mol. The van der Waals surface area contributed by atoms with Gasteiger partial charge in [-0.25, -0.2) is 0 Å². The summed E-state index contributed by atoms with van der Waals surface area (Å²) in [6.45, 7) is 1.05. The number of aromatic nitrogens is 1. The summed E-state index contributed by atoms with van der Waals surface area (Å²) in [5, 5.41) is 0.405. The lowest BCUT2D eigenvalue weighted by Crippen LogP contribution is -2.42. The van der Waals surface area contributed by atoms with Crippen LogP contribution in [0.3, 0.4) is 0 Å². The van der Waals surface area contributed by atoms with Crippen molar-refractivity contribution in [2.75, 3.05) is 0 Å². The van der Waals surface area contributed by atoms with E-state index in [2.05, 4.69) is 16.0 Å². The number of halogens is 1. The summed E-state index contributed by atoms with van der Waals surface area (Å²) in [5.74, 6) is 0. The van der Waals surface area contributed by atoms with E-state index in [0.29, 0.717) is 17.5 Å². The second-order valence-electron chi connectivity index (χ2n) is 4.99. The Morgan fingerprint density at radius 3 is 2.69 bits per heavy atom. The number of pyridine rings is 1. The molecule has 2 fully saturated rings. The number of rotatable bonds is 2. The Morgan fingerprint density at radius 1 is 1.31 bits per heavy atom. The highest BCUT2D eigenvalue weighted by atomic mass is 35.5. The number of hydrogen-bond acceptors (Lipinski definition) is 2. The minimum absolute atomic E-state index is 0.405. The third-order valence-electron chi connectivity index (χ3n) is 3.91. The summed E-state index contributed by atoms with van der Waals surface area (Å²) in [4.78, 5) is 6.82. The summed E-state index contributed by atoms with van der Waals surface area (Å²) in [6.07, 6.45) is 8.80. The standard InChI is InChI=1S/C13H17ClN2/c14-11-6-12-3-4-13(7-11)16(12)9-10-2-1-5-15-8-10/h1-2,5,8,11-13H,3-4,6-7,9H2.